The molecule has 2 aromatic rings. The van der Waals surface area contributed by atoms with Crippen LogP contribution in [-0.4, -0.2) is 50.6 Å². The maximum atomic E-state index is 11.7. The molecule has 0 fully saturated rings. The second-order valence-electron chi connectivity index (χ2n) is 5.57. The van der Waals surface area contributed by atoms with E-state index in [4.69, 9.17) is 4.74 Å². The number of aliphatic hydroxyl groups is 1. The fourth-order valence-corrected chi connectivity index (χ4v) is 2.31. The van der Waals surface area contributed by atoms with Gasteiger partial charge in [-0.1, -0.05) is 0 Å². The summed E-state index contributed by atoms with van der Waals surface area (Å²) in [7, 11) is 1.86. The molecule has 0 saturated carbocycles. The van der Waals surface area contributed by atoms with Crippen LogP contribution in [0.4, 0.5) is 5.95 Å². The van der Waals surface area contributed by atoms with Crippen LogP contribution in [0, 0.1) is 12.8 Å². The lowest BCUT2D eigenvalue weighted by atomic mass is 10.0. The van der Waals surface area contributed by atoms with Gasteiger partial charge < -0.3 is 15.2 Å². The van der Waals surface area contributed by atoms with E-state index in [1.807, 2.05) is 13.2 Å². The van der Waals surface area contributed by atoms with Crippen molar-refractivity contribution in [2.45, 2.75) is 20.3 Å². The highest BCUT2D eigenvalue weighted by atomic mass is 16.5. The van der Waals surface area contributed by atoms with Crippen LogP contribution in [0.2, 0.25) is 0 Å². The number of nitrogens with zero attached hydrogens (tertiary/aromatic N) is 4. The number of carbonyl (C=O) groups is 1. The van der Waals surface area contributed by atoms with Gasteiger partial charge in [-0.3, -0.25) is 4.68 Å². The summed E-state index contributed by atoms with van der Waals surface area (Å²) in [4.78, 5) is 20.1. The molecular formula is C16H23N5O3. The molecule has 0 aliphatic rings. The van der Waals surface area contributed by atoms with Gasteiger partial charge in [0.2, 0.25) is 5.95 Å². The van der Waals surface area contributed by atoms with E-state index in [0.717, 1.165) is 5.56 Å². The van der Waals surface area contributed by atoms with Crippen molar-refractivity contribution in [3.8, 4) is 0 Å². The lowest BCUT2D eigenvalue weighted by Gasteiger charge is -2.14. The summed E-state index contributed by atoms with van der Waals surface area (Å²) < 4.78 is 6.69. The molecule has 0 aromatic carbocycles. The molecule has 1 unspecified atom stereocenters. The number of aryl methyl sites for hydroxylation is 2. The molecule has 0 saturated heterocycles. The summed E-state index contributed by atoms with van der Waals surface area (Å²) in [5.74, 6) is 0.0133. The lowest BCUT2D eigenvalue weighted by molar-refractivity contribution is 0.0524. The number of anilines is 1. The van der Waals surface area contributed by atoms with E-state index in [9.17, 15) is 9.90 Å². The van der Waals surface area contributed by atoms with Gasteiger partial charge in [0.05, 0.1) is 24.1 Å². The lowest BCUT2D eigenvalue weighted by Crippen LogP contribution is -2.21. The molecule has 0 aliphatic carbocycles. The van der Waals surface area contributed by atoms with E-state index < -0.39 is 5.97 Å². The minimum absolute atomic E-state index is 0.0165. The molecule has 2 N–H and O–H groups in total. The molecule has 2 rings (SSSR count). The average molecular weight is 333 g/mol. The van der Waals surface area contributed by atoms with Crippen molar-refractivity contribution >= 4 is 11.9 Å². The molecule has 24 heavy (non-hydrogen) atoms. The van der Waals surface area contributed by atoms with Gasteiger partial charge in [0, 0.05) is 38.5 Å². The third kappa shape index (κ3) is 4.76. The summed E-state index contributed by atoms with van der Waals surface area (Å²) in [5, 5.41) is 16.8. The van der Waals surface area contributed by atoms with Crippen LogP contribution in [0.1, 0.15) is 28.5 Å². The summed E-state index contributed by atoms with van der Waals surface area (Å²) in [5.41, 5.74) is 1.98. The monoisotopic (exact) mass is 333 g/mol. The Morgan fingerprint density at radius 2 is 2.25 bits per heavy atom. The smallest absolute Gasteiger partial charge is 0.341 e. The maximum absolute atomic E-state index is 11.7. The van der Waals surface area contributed by atoms with E-state index in [-0.39, 0.29) is 12.5 Å². The summed E-state index contributed by atoms with van der Waals surface area (Å²) in [6.45, 7) is 4.36. The van der Waals surface area contributed by atoms with Gasteiger partial charge in [0.25, 0.3) is 0 Å². The van der Waals surface area contributed by atoms with Crippen LogP contribution >= 0.6 is 0 Å². The molecule has 2 aromatic heterocycles. The number of hydrogen-bond donors (Lipinski definition) is 2. The number of nitrogens with one attached hydrogen (secondary N) is 1. The highest BCUT2D eigenvalue weighted by molar-refractivity contribution is 5.90. The van der Waals surface area contributed by atoms with Crippen LogP contribution < -0.4 is 5.32 Å². The number of aliphatic hydroxyl groups excluding tert-OH is 1. The van der Waals surface area contributed by atoms with Crippen LogP contribution in [-0.2, 0) is 18.2 Å². The van der Waals surface area contributed by atoms with Crippen molar-refractivity contribution in [2.24, 2.45) is 13.0 Å². The Kier molecular flexibility index (Phi) is 6.25. The van der Waals surface area contributed by atoms with Crippen molar-refractivity contribution in [2.75, 3.05) is 25.1 Å². The summed E-state index contributed by atoms with van der Waals surface area (Å²) in [6, 6.07) is 0. The molecule has 0 spiro atoms. The fraction of sp³-hybridized carbons (Fsp3) is 0.500. The molecule has 0 radical (unpaired) electrons. The van der Waals surface area contributed by atoms with Crippen molar-refractivity contribution in [1.82, 2.24) is 19.7 Å². The first-order valence-corrected chi connectivity index (χ1v) is 7.86. The maximum Gasteiger partial charge on any atom is 0.341 e. The standard InChI is InChI=1S/C16H23N5O3/c1-4-24-15(23)14-8-18-16(20-11(14)2)17-6-13(10-22)5-12-7-19-21(3)9-12/h7-9,13,22H,4-6,10H2,1-3H3,(H,17,18,20). The van der Waals surface area contributed by atoms with Crippen LogP contribution in [0.5, 0.6) is 0 Å². The van der Waals surface area contributed by atoms with Crippen molar-refractivity contribution in [3.05, 3.63) is 35.4 Å². The Bertz CT molecular complexity index is 686. The Morgan fingerprint density at radius 3 is 2.83 bits per heavy atom. The van der Waals surface area contributed by atoms with Crippen molar-refractivity contribution in [3.63, 3.8) is 0 Å². The van der Waals surface area contributed by atoms with Gasteiger partial charge in [-0.2, -0.15) is 5.10 Å². The van der Waals surface area contributed by atoms with Crippen molar-refractivity contribution in [1.29, 1.82) is 0 Å². The molecule has 0 amide bonds. The normalized spacial score (nSPS) is 12.0. The number of hydrogen-bond acceptors (Lipinski definition) is 7. The molecule has 8 heteroatoms. The highest BCUT2D eigenvalue weighted by Gasteiger charge is 2.14. The van der Waals surface area contributed by atoms with E-state index in [1.54, 1.807) is 24.7 Å². The zero-order chi connectivity index (χ0) is 17.5. The first-order valence-electron chi connectivity index (χ1n) is 7.86. The fourth-order valence-electron chi connectivity index (χ4n) is 2.31. The van der Waals surface area contributed by atoms with Gasteiger partial charge in [-0.15, -0.1) is 0 Å². The summed E-state index contributed by atoms with van der Waals surface area (Å²) in [6.07, 6.45) is 5.88. The predicted molar refractivity (Wildman–Crippen MR) is 88.7 cm³/mol. The molecule has 1 atom stereocenters. The number of esters is 1. The van der Waals surface area contributed by atoms with Crippen molar-refractivity contribution < 1.29 is 14.6 Å². The van der Waals surface area contributed by atoms with E-state index >= 15 is 0 Å². The SMILES string of the molecule is CCOC(=O)c1cnc(NCC(CO)Cc2cnn(C)c2)nc1C. The third-order valence-electron chi connectivity index (χ3n) is 3.56. The molecule has 0 bridgehead atoms. The number of rotatable bonds is 8. The Balaban J connectivity index is 1.95. The van der Waals surface area contributed by atoms with Gasteiger partial charge in [-0.05, 0) is 25.8 Å². The van der Waals surface area contributed by atoms with E-state index in [1.165, 1.54) is 6.20 Å². The second-order valence-corrected chi connectivity index (χ2v) is 5.57. The average Bonchev–Trinajstić information content (AvgIpc) is 2.96. The third-order valence-corrected chi connectivity index (χ3v) is 3.56. The number of ether oxygens (including phenoxy) is 1. The van der Waals surface area contributed by atoms with Gasteiger partial charge >= 0.3 is 5.97 Å². The predicted octanol–water partition coefficient (Wildman–Crippen LogP) is 0.958. The zero-order valence-corrected chi connectivity index (χ0v) is 14.2. The second kappa shape index (κ2) is 8.39. The molecule has 130 valence electrons. The van der Waals surface area contributed by atoms with Gasteiger partial charge in [-0.25, -0.2) is 14.8 Å². The minimum Gasteiger partial charge on any atom is -0.462 e. The topological polar surface area (TPSA) is 102 Å². The first kappa shape index (κ1) is 17.9. The first-order chi connectivity index (χ1) is 11.5. The Labute approximate surface area is 140 Å². The molecule has 0 aliphatic heterocycles. The zero-order valence-electron chi connectivity index (χ0n) is 14.2. The highest BCUT2D eigenvalue weighted by Crippen LogP contribution is 2.11. The largest absolute Gasteiger partial charge is 0.462 e. The van der Waals surface area contributed by atoms with E-state index in [0.29, 0.717) is 36.8 Å². The quantitative estimate of drug-likeness (QED) is 0.694. The molecule has 2 heterocycles. The van der Waals surface area contributed by atoms with E-state index in [2.05, 4.69) is 20.4 Å². The number of aromatic nitrogens is 4. The molecule has 8 nitrogen and oxygen atoms in total. The Morgan fingerprint density at radius 1 is 1.46 bits per heavy atom. The van der Waals surface area contributed by atoms with Crippen LogP contribution in [0.3, 0.4) is 0 Å². The van der Waals surface area contributed by atoms with Gasteiger partial charge in [0.15, 0.2) is 0 Å². The summed E-state index contributed by atoms with van der Waals surface area (Å²) >= 11 is 0. The van der Waals surface area contributed by atoms with Gasteiger partial charge in [0.1, 0.15) is 0 Å². The van der Waals surface area contributed by atoms with Crippen LogP contribution in [0.25, 0.3) is 0 Å². The Hall–Kier alpha value is -2.48. The number of carbonyl (C=O) groups excluding carboxylic acids is 1. The minimum atomic E-state index is -0.425. The molecular weight excluding hydrogens is 310 g/mol. The van der Waals surface area contributed by atoms with Crippen LogP contribution in [0.15, 0.2) is 18.6 Å².